The summed E-state index contributed by atoms with van der Waals surface area (Å²) in [5.41, 5.74) is 3.17. The number of hydrogen-bond acceptors (Lipinski definition) is 4. The molecule has 0 saturated carbocycles. The maximum Gasteiger partial charge on any atom is 0.325 e. The highest BCUT2D eigenvalue weighted by molar-refractivity contribution is 8.00. The standard InChI is InChI=1S/C20H20N2O4S/c1-12(20(25)26)21-18(23)14-6-8-15(9-7-14)22-19(24)17-16-5-3-2-4-13(16)10-11-27-17/h2-9,12,17H,10-11H2,1H3,(H,21,23)(H,22,24)(H,25,26). The number of amides is 2. The van der Waals surface area contributed by atoms with E-state index >= 15 is 0 Å². The predicted octanol–water partition coefficient (Wildman–Crippen LogP) is 2.86. The molecule has 0 bridgehead atoms. The van der Waals surface area contributed by atoms with Gasteiger partial charge in [-0.25, -0.2) is 0 Å². The molecule has 0 saturated heterocycles. The van der Waals surface area contributed by atoms with Crippen molar-refractivity contribution in [3.8, 4) is 0 Å². The van der Waals surface area contributed by atoms with Gasteiger partial charge in [0.1, 0.15) is 11.3 Å². The Balaban J connectivity index is 1.66. The van der Waals surface area contributed by atoms with Crippen LogP contribution in [0.3, 0.4) is 0 Å². The lowest BCUT2D eigenvalue weighted by Gasteiger charge is -2.24. The first-order valence-electron chi connectivity index (χ1n) is 8.59. The van der Waals surface area contributed by atoms with Crippen LogP contribution in [0.15, 0.2) is 48.5 Å². The maximum atomic E-state index is 12.7. The zero-order valence-corrected chi connectivity index (χ0v) is 15.6. The van der Waals surface area contributed by atoms with Crippen molar-refractivity contribution >= 4 is 35.2 Å². The molecule has 0 spiro atoms. The van der Waals surface area contributed by atoms with Crippen molar-refractivity contribution in [1.29, 1.82) is 0 Å². The van der Waals surface area contributed by atoms with Crippen LogP contribution in [0.1, 0.15) is 33.7 Å². The molecule has 2 amide bonds. The molecule has 6 nitrogen and oxygen atoms in total. The summed E-state index contributed by atoms with van der Waals surface area (Å²) in [5.74, 6) is -0.767. The van der Waals surface area contributed by atoms with E-state index in [9.17, 15) is 14.4 Å². The summed E-state index contributed by atoms with van der Waals surface area (Å²) in [6.07, 6.45) is 0.962. The van der Waals surface area contributed by atoms with Crippen LogP contribution in [0.5, 0.6) is 0 Å². The highest BCUT2D eigenvalue weighted by Crippen LogP contribution is 2.37. The number of carboxylic acid groups (broad SMARTS) is 1. The van der Waals surface area contributed by atoms with Crippen molar-refractivity contribution in [3.05, 3.63) is 65.2 Å². The predicted molar refractivity (Wildman–Crippen MR) is 105 cm³/mol. The molecule has 7 heteroatoms. The Labute approximate surface area is 161 Å². The smallest absolute Gasteiger partial charge is 0.325 e. The van der Waals surface area contributed by atoms with E-state index in [2.05, 4.69) is 16.7 Å². The van der Waals surface area contributed by atoms with E-state index in [0.717, 1.165) is 17.7 Å². The minimum Gasteiger partial charge on any atom is -0.480 e. The molecule has 1 aliphatic rings. The van der Waals surface area contributed by atoms with E-state index in [-0.39, 0.29) is 11.2 Å². The molecule has 27 heavy (non-hydrogen) atoms. The van der Waals surface area contributed by atoms with Crippen LogP contribution in [0.2, 0.25) is 0 Å². The van der Waals surface area contributed by atoms with Gasteiger partial charge in [-0.05, 0) is 54.5 Å². The van der Waals surface area contributed by atoms with Crippen LogP contribution in [-0.2, 0) is 16.0 Å². The molecule has 2 aromatic carbocycles. The fourth-order valence-corrected chi connectivity index (χ4v) is 4.06. The molecule has 0 aromatic heterocycles. The van der Waals surface area contributed by atoms with E-state index < -0.39 is 17.9 Å². The quantitative estimate of drug-likeness (QED) is 0.737. The number of anilines is 1. The van der Waals surface area contributed by atoms with Crippen molar-refractivity contribution < 1.29 is 19.5 Å². The summed E-state index contributed by atoms with van der Waals surface area (Å²) in [7, 11) is 0. The molecule has 2 unspecified atom stereocenters. The zero-order valence-electron chi connectivity index (χ0n) is 14.8. The summed E-state index contributed by atoms with van der Waals surface area (Å²) < 4.78 is 0. The van der Waals surface area contributed by atoms with Gasteiger partial charge in [0.25, 0.3) is 5.91 Å². The normalized spacial score (nSPS) is 16.7. The van der Waals surface area contributed by atoms with Gasteiger partial charge >= 0.3 is 5.97 Å². The zero-order chi connectivity index (χ0) is 19.4. The summed E-state index contributed by atoms with van der Waals surface area (Å²) in [4.78, 5) is 35.5. The number of rotatable bonds is 5. The summed E-state index contributed by atoms with van der Waals surface area (Å²) >= 11 is 1.62. The average molecular weight is 384 g/mol. The Bertz CT molecular complexity index is 867. The van der Waals surface area contributed by atoms with Gasteiger partial charge in [0.05, 0.1) is 0 Å². The van der Waals surface area contributed by atoms with Crippen LogP contribution in [0, 0.1) is 0 Å². The topological polar surface area (TPSA) is 95.5 Å². The van der Waals surface area contributed by atoms with Crippen LogP contribution < -0.4 is 10.6 Å². The van der Waals surface area contributed by atoms with Crippen molar-refractivity contribution in [1.82, 2.24) is 5.32 Å². The fraction of sp³-hybridized carbons (Fsp3) is 0.250. The second-order valence-corrected chi connectivity index (χ2v) is 7.51. The van der Waals surface area contributed by atoms with E-state index in [1.165, 1.54) is 12.5 Å². The number of fused-ring (bicyclic) bond motifs is 1. The molecule has 1 heterocycles. The van der Waals surface area contributed by atoms with Gasteiger partial charge in [-0.15, -0.1) is 11.8 Å². The van der Waals surface area contributed by atoms with Gasteiger partial charge in [0.2, 0.25) is 5.91 Å². The Morgan fingerprint density at radius 3 is 2.52 bits per heavy atom. The van der Waals surface area contributed by atoms with Gasteiger partial charge < -0.3 is 15.7 Å². The first-order valence-corrected chi connectivity index (χ1v) is 9.64. The second kappa shape index (κ2) is 8.26. The molecule has 0 radical (unpaired) electrons. The lowest BCUT2D eigenvalue weighted by Crippen LogP contribution is -2.38. The third kappa shape index (κ3) is 4.49. The molecule has 140 valence electrons. The molecule has 2 atom stereocenters. The molecule has 2 aromatic rings. The van der Waals surface area contributed by atoms with E-state index in [1.807, 2.05) is 18.2 Å². The Kier molecular flexibility index (Phi) is 5.81. The Hall–Kier alpha value is -2.80. The van der Waals surface area contributed by atoms with Gasteiger partial charge in [-0.2, -0.15) is 0 Å². The second-order valence-electron chi connectivity index (χ2n) is 6.30. The number of aryl methyl sites for hydroxylation is 1. The number of nitrogens with one attached hydrogen (secondary N) is 2. The summed E-state index contributed by atoms with van der Waals surface area (Å²) in [6, 6.07) is 13.4. The summed E-state index contributed by atoms with van der Waals surface area (Å²) in [6.45, 7) is 1.40. The lowest BCUT2D eigenvalue weighted by molar-refractivity contribution is -0.138. The van der Waals surface area contributed by atoms with Crippen LogP contribution in [0.25, 0.3) is 0 Å². The third-order valence-electron chi connectivity index (χ3n) is 4.36. The van der Waals surface area contributed by atoms with Gasteiger partial charge in [-0.3, -0.25) is 14.4 Å². The third-order valence-corrected chi connectivity index (χ3v) is 5.61. The van der Waals surface area contributed by atoms with E-state index in [1.54, 1.807) is 36.0 Å². The lowest BCUT2D eigenvalue weighted by atomic mass is 10.0. The molecule has 0 fully saturated rings. The van der Waals surface area contributed by atoms with Gasteiger partial charge in [0.15, 0.2) is 0 Å². The number of carbonyl (C=O) groups is 3. The minimum absolute atomic E-state index is 0.0937. The number of carboxylic acids is 1. The van der Waals surface area contributed by atoms with E-state index in [4.69, 9.17) is 5.11 Å². The van der Waals surface area contributed by atoms with Gasteiger partial charge in [-0.1, -0.05) is 24.3 Å². The Morgan fingerprint density at radius 1 is 1.11 bits per heavy atom. The van der Waals surface area contributed by atoms with Crippen LogP contribution in [-0.4, -0.2) is 34.7 Å². The molecule has 3 N–H and O–H groups in total. The minimum atomic E-state index is -1.10. The first kappa shape index (κ1) is 19.0. The fourth-order valence-electron chi connectivity index (χ4n) is 2.87. The number of hydrogen-bond donors (Lipinski definition) is 3. The number of carbonyl (C=O) groups excluding carboxylic acids is 2. The first-order chi connectivity index (χ1) is 13.0. The molecule has 1 aliphatic heterocycles. The molecular formula is C20H20N2O4S. The van der Waals surface area contributed by atoms with Crippen molar-refractivity contribution in [2.45, 2.75) is 24.6 Å². The average Bonchev–Trinajstić information content (AvgIpc) is 2.67. The Morgan fingerprint density at radius 2 is 1.81 bits per heavy atom. The summed E-state index contributed by atoms with van der Waals surface area (Å²) in [5, 5.41) is 13.9. The highest BCUT2D eigenvalue weighted by atomic mass is 32.2. The SMILES string of the molecule is CC(NC(=O)c1ccc(NC(=O)C2SCCc3ccccc32)cc1)C(=O)O. The number of thioether (sulfide) groups is 1. The van der Waals surface area contributed by atoms with Crippen molar-refractivity contribution in [2.75, 3.05) is 11.1 Å². The largest absolute Gasteiger partial charge is 0.480 e. The van der Waals surface area contributed by atoms with Crippen LogP contribution in [0.4, 0.5) is 5.69 Å². The maximum absolute atomic E-state index is 12.7. The van der Waals surface area contributed by atoms with Crippen molar-refractivity contribution in [3.63, 3.8) is 0 Å². The molecule has 0 aliphatic carbocycles. The monoisotopic (exact) mass is 384 g/mol. The molecule has 3 rings (SSSR count). The number of benzene rings is 2. The van der Waals surface area contributed by atoms with Crippen LogP contribution >= 0.6 is 11.8 Å². The number of aliphatic carboxylic acids is 1. The van der Waals surface area contributed by atoms with Crippen molar-refractivity contribution in [2.24, 2.45) is 0 Å². The van der Waals surface area contributed by atoms with E-state index in [0.29, 0.717) is 11.3 Å². The molecular weight excluding hydrogens is 364 g/mol. The highest BCUT2D eigenvalue weighted by Gasteiger charge is 2.26. The van der Waals surface area contributed by atoms with Gasteiger partial charge in [0, 0.05) is 11.3 Å².